The summed E-state index contributed by atoms with van der Waals surface area (Å²) in [4.78, 5) is 8.89. The van der Waals surface area contributed by atoms with Crippen LogP contribution in [0.15, 0.2) is 24.3 Å². The van der Waals surface area contributed by atoms with Gasteiger partial charge in [0.1, 0.15) is 17.5 Å². The molecule has 5 heteroatoms. The summed E-state index contributed by atoms with van der Waals surface area (Å²) in [6, 6.07) is 6.35. The van der Waals surface area contributed by atoms with Crippen molar-refractivity contribution in [2.24, 2.45) is 5.84 Å². The van der Waals surface area contributed by atoms with Gasteiger partial charge in [0.25, 0.3) is 0 Å². The van der Waals surface area contributed by atoms with E-state index in [-0.39, 0.29) is 5.82 Å². The summed E-state index contributed by atoms with van der Waals surface area (Å²) in [7, 11) is 0. The molecule has 19 heavy (non-hydrogen) atoms. The van der Waals surface area contributed by atoms with E-state index < -0.39 is 0 Å². The lowest BCUT2D eigenvalue weighted by molar-refractivity contribution is 0.627. The molecule has 1 aromatic carbocycles. The van der Waals surface area contributed by atoms with E-state index in [4.69, 9.17) is 5.84 Å². The van der Waals surface area contributed by atoms with Crippen LogP contribution in [0.5, 0.6) is 0 Å². The predicted molar refractivity (Wildman–Crippen MR) is 73.2 cm³/mol. The fraction of sp³-hybridized carbons (Fsp3) is 0.286. The van der Waals surface area contributed by atoms with Gasteiger partial charge in [0.2, 0.25) is 0 Å². The Morgan fingerprint density at radius 3 is 2.47 bits per heavy atom. The van der Waals surface area contributed by atoms with Crippen molar-refractivity contribution in [1.82, 2.24) is 9.97 Å². The SMILES string of the molecule is CCc1nc(Cc2ccc(F)cc2)nc(NN)c1C. The molecule has 0 saturated carbocycles. The normalized spacial score (nSPS) is 10.5. The van der Waals surface area contributed by atoms with Crippen LogP contribution in [-0.4, -0.2) is 9.97 Å². The first-order chi connectivity index (χ1) is 9.13. The number of nitrogens with two attached hydrogens (primary N) is 1. The largest absolute Gasteiger partial charge is 0.308 e. The summed E-state index contributed by atoms with van der Waals surface area (Å²) < 4.78 is 12.9. The topological polar surface area (TPSA) is 63.8 Å². The molecule has 0 unspecified atom stereocenters. The molecular weight excluding hydrogens is 243 g/mol. The number of nitrogens with zero attached hydrogens (tertiary/aromatic N) is 2. The van der Waals surface area contributed by atoms with Crippen molar-refractivity contribution in [1.29, 1.82) is 0 Å². The average molecular weight is 260 g/mol. The molecule has 0 aliphatic rings. The Hall–Kier alpha value is -2.01. The quantitative estimate of drug-likeness (QED) is 0.654. The van der Waals surface area contributed by atoms with Crippen molar-refractivity contribution in [2.45, 2.75) is 26.7 Å². The Bertz CT molecular complexity index is 541. The van der Waals surface area contributed by atoms with Crippen LogP contribution < -0.4 is 11.3 Å². The maximum atomic E-state index is 12.9. The molecule has 0 bridgehead atoms. The van der Waals surface area contributed by atoms with Gasteiger partial charge in [0.15, 0.2) is 0 Å². The van der Waals surface area contributed by atoms with Gasteiger partial charge in [-0.15, -0.1) is 0 Å². The fourth-order valence-corrected chi connectivity index (χ4v) is 1.96. The molecule has 1 aromatic heterocycles. The summed E-state index contributed by atoms with van der Waals surface area (Å²) >= 11 is 0. The van der Waals surface area contributed by atoms with Gasteiger partial charge in [-0.3, -0.25) is 0 Å². The molecule has 0 fully saturated rings. The number of anilines is 1. The van der Waals surface area contributed by atoms with E-state index >= 15 is 0 Å². The smallest absolute Gasteiger partial charge is 0.146 e. The average Bonchev–Trinajstić information content (AvgIpc) is 2.43. The Balaban J connectivity index is 2.32. The summed E-state index contributed by atoms with van der Waals surface area (Å²) in [5.74, 6) is 6.55. The molecule has 0 radical (unpaired) electrons. The van der Waals surface area contributed by atoms with Gasteiger partial charge in [0, 0.05) is 17.7 Å². The number of aryl methyl sites for hydroxylation is 1. The molecule has 0 spiro atoms. The van der Waals surface area contributed by atoms with Crippen LogP contribution in [0, 0.1) is 12.7 Å². The van der Waals surface area contributed by atoms with Gasteiger partial charge >= 0.3 is 0 Å². The second-order valence-electron chi connectivity index (χ2n) is 4.36. The van der Waals surface area contributed by atoms with E-state index in [0.29, 0.717) is 18.1 Å². The van der Waals surface area contributed by atoms with Crippen LogP contribution >= 0.6 is 0 Å². The maximum Gasteiger partial charge on any atom is 0.146 e. The van der Waals surface area contributed by atoms with Crippen molar-refractivity contribution in [2.75, 3.05) is 5.43 Å². The van der Waals surface area contributed by atoms with E-state index in [9.17, 15) is 4.39 Å². The van der Waals surface area contributed by atoms with E-state index in [2.05, 4.69) is 15.4 Å². The summed E-state index contributed by atoms with van der Waals surface area (Å²) in [6.07, 6.45) is 1.38. The minimum Gasteiger partial charge on any atom is -0.308 e. The number of benzene rings is 1. The zero-order chi connectivity index (χ0) is 13.8. The first-order valence-electron chi connectivity index (χ1n) is 6.21. The molecule has 0 saturated heterocycles. The second kappa shape index (κ2) is 5.75. The van der Waals surface area contributed by atoms with Crippen molar-refractivity contribution in [3.05, 3.63) is 52.7 Å². The Morgan fingerprint density at radius 1 is 1.21 bits per heavy atom. The number of hydrazine groups is 1. The number of nitrogen functional groups attached to an aromatic ring is 1. The lowest BCUT2D eigenvalue weighted by Crippen LogP contribution is -2.14. The monoisotopic (exact) mass is 260 g/mol. The van der Waals surface area contributed by atoms with Crippen LogP contribution in [0.1, 0.15) is 29.6 Å². The Morgan fingerprint density at radius 2 is 1.89 bits per heavy atom. The highest BCUT2D eigenvalue weighted by atomic mass is 19.1. The van der Waals surface area contributed by atoms with E-state index in [1.807, 2.05) is 13.8 Å². The molecule has 3 N–H and O–H groups in total. The van der Waals surface area contributed by atoms with Gasteiger partial charge < -0.3 is 5.43 Å². The number of hydrogen-bond donors (Lipinski definition) is 2. The molecule has 4 nitrogen and oxygen atoms in total. The third kappa shape index (κ3) is 3.06. The number of rotatable bonds is 4. The van der Waals surface area contributed by atoms with Gasteiger partial charge in [-0.25, -0.2) is 20.2 Å². The molecule has 0 aliphatic heterocycles. The summed E-state index contributed by atoms with van der Waals surface area (Å²) in [6.45, 7) is 3.98. The zero-order valence-electron chi connectivity index (χ0n) is 11.1. The number of nitrogens with one attached hydrogen (secondary N) is 1. The van der Waals surface area contributed by atoms with Crippen LogP contribution in [0.2, 0.25) is 0 Å². The van der Waals surface area contributed by atoms with E-state index in [1.54, 1.807) is 12.1 Å². The van der Waals surface area contributed by atoms with Crippen LogP contribution in [0.25, 0.3) is 0 Å². The number of hydrogen-bond acceptors (Lipinski definition) is 4. The first-order valence-corrected chi connectivity index (χ1v) is 6.21. The maximum absolute atomic E-state index is 12.9. The highest BCUT2D eigenvalue weighted by molar-refractivity contribution is 5.45. The first kappa shape index (κ1) is 13.4. The molecule has 0 atom stereocenters. The van der Waals surface area contributed by atoms with Crippen molar-refractivity contribution in [3.8, 4) is 0 Å². The van der Waals surface area contributed by atoms with Gasteiger partial charge in [-0.1, -0.05) is 19.1 Å². The van der Waals surface area contributed by atoms with Crippen LogP contribution in [-0.2, 0) is 12.8 Å². The third-order valence-electron chi connectivity index (χ3n) is 3.04. The molecule has 2 rings (SSSR count). The lowest BCUT2D eigenvalue weighted by Gasteiger charge is -2.11. The molecule has 1 heterocycles. The van der Waals surface area contributed by atoms with E-state index in [0.717, 1.165) is 23.2 Å². The number of halogens is 1. The third-order valence-corrected chi connectivity index (χ3v) is 3.04. The highest BCUT2D eigenvalue weighted by Gasteiger charge is 2.09. The van der Waals surface area contributed by atoms with Crippen molar-refractivity contribution in [3.63, 3.8) is 0 Å². The van der Waals surface area contributed by atoms with E-state index in [1.165, 1.54) is 12.1 Å². The van der Waals surface area contributed by atoms with Gasteiger partial charge in [-0.2, -0.15) is 0 Å². The standard InChI is InChI=1S/C14H17FN4/c1-3-12-9(2)14(19-16)18-13(17-12)8-10-4-6-11(15)7-5-10/h4-7H,3,8,16H2,1-2H3,(H,17,18,19). The minimum absolute atomic E-state index is 0.243. The Labute approximate surface area is 111 Å². The highest BCUT2D eigenvalue weighted by Crippen LogP contribution is 2.17. The van der Waals surface area contributed by atoms with Crippen molar-refractivity contribution < 1.29 is 4.39 Å². The van der Waals surface area contributed by atoms with Gasteiger partial charge in [0.05, 0.1) is 0 Å². The summed E-state index contributed by atoms with van der Waals surface area (Å²) in [5.41, 5.74) is 5.50. The molecule has 100 valence electrons. The van der Waals surface area contributed by atoms with Crippen molar-refractivity contribution >= 4 is 5.82 Å². The lowest BCUT2D eigenvalue weighted by atomic mass is 10.1. The van der Waals surface area contributed by atoms with Crippen LogP contribution in [0.4, 0.5) is 10.2 Å². The predicted octanol–water partition coefficient (Wildman–Crippen LogP) is 2.36. The molecular formula is C14H17FN4. The summed E-state index contributed by atoms with van der Waals surface area (Å²) in [5, 5.41) is 0. The van der Waals surface area contributed by atoms with Gasteiger partial charge in [-0.05, 0) is 31.0 Å². The fourth-order valence-electron chi connectivity index (χ4n) is 1.96. The van der Waals surface area contributed by atoms with Crippen LogP contribution in [0.3, 0.4) is 0 Å². The molecule has 0 aliphatic carbocycles. The molecule has 2 aromatic rings. The number of aromatic nitrogens is 2. The zero-order valence-corrected chi connectivity index (χ0v) is 11.1. The Kier molecular flexibility index (Phi) is 4.06. The second-order valence-corrected chi connectivity index (χ2v) is 4.36. The minimum atomic E-state index is -0.243. The molecule has 0 amide bonds.